The van der Waals surface area contributed by atoms with Gasteiger partial charge in [-0.05, 0) is 29.7 Å². The molecule has 3 amide bonds. The Kier molecular flexibility index (Phi) is 6.43. The van der Waals surface area contributed by atoms with Gasteiger partial charge in [-0.1, -0.05) is 42.5 Å². The van der Waals surface area contributed by atoms with Crippen LogP contribution in [0.25, 0.3) is 0 Å². The molecule has 29 heavy (non-hydrogen) atoms. The minimum absolute atomic E-state index is 0.266. The summed E-state index contributed by atoms with van der Waals surface area (Å²) in [5.74, 6) is -0.763. The van der Waals surface area contributed by atoms with Gasteiger partial charge in [0.1, 0.15) is 18.3 Å². The molecule has 3 rings (SSSR count). The van der Waals surface area contributed by atoms with Gasteiger partial charge in [-0.2, -0.15) is 12.6 Å². The molecule has 0 aliphatic carbocycles. The van der Waals surface area contributed by atoms with E-state index in [-0.39, 0.29) is 5.75 Å². The summed E-state index contributed by atoms with van der Waals surface area (Å²) in [6.45, 7) is -0.567. The minimum atomic E-state index is -1.18. The van der Waals surface area contributed by atoms with Gasteiger partial charge in [-0.25, -0.2) is 4.79 Å². The average Bonchev–Trinajstić information content (AvgIpc) is 2.96. The second-order valence-electron chi connectivity index (χ2n) is 6.71. The molecule has 7 nitrogen and oxygen atoms in total. The highest BCUT2D eigenvalue weighted by atomic mass is 32.1. The van der Waals surface area contributed by atoms with E-state index in [0.29, 0.717) is 17.7 Å². The summed E-state index contributed by atoms with van der Waals surface area (Å²) in [5.41, 5.74) is 1.50. The molecule has 1 aliphatic rings. The molecule has 1 aliphatic heterocycles. The van der Waals surface area contributed by atoms with Crippen LogP contribution in [0.15, 0.2) is 54.6 Å². The number of thiol groups is 1. The summed E-state index contributed by atoms with van der Waals surface area (Å²) < 4.78 is 5.13. The van der Waals surface area contributed by atoms with Crippen molar-refractivity contribution in [2.24, 2.45) is 0 Å². The van der Waals surface area contributed by atoms with Gasteiger partial charge >= 0.3 is 12.0 Å². The van der Waals surface area contributed by atoms with Crippen LogP contribution in [-0.2, 0) is 16.0 Å². The summed E-state index contributed by atoms with van der Waals surface area (Å²) in [4.78, 5) is 39.9. The van der Waals surface area contributed by atoms with Crippen LogP contribution in [0.1, 0.15) is 17.2 Å². The number of urea groups is 1. The zero-order chi connectivity index (χ0) is 21.0. The maximum absolute atomic E-state index is 13.3. The van der Waals surface area contributed by atoms with Gasteiger partial charge in [-0.15, -0.1) is 0 Å². The molecule has 1 heterocycles. The molecule has 2 aromatic rings. The lowest BCUT2D eigenvalue weighted by Gasteiger charge is -2.24. The lowest BCUT2D eigenvalue weighted by Crippen LogP contribution is -2.44. The van der Waals surface area contributed by atoms with Crippen LogP contribution in [0.4, 0.5) is 4.79 Å². The van der Waals surface area contributed by atoms with Crippen molar-refractivity contribution < 1.29 is 24.2 Å². The molecule has 1 saturated heterocycles. The van der Waals surface area contributed by atoms with E-state index in [1.54, 1.807) is 24.3 Å². The number of carboxylic acids is 1. The lowest BCUT2D eigenvalue weighted by molar-refractivity contribution is -0.138. The summed E-state index contributed by atoms with van der Waals surface area (Å²) in [7, 11) is 1.53. The second kappa shape index (κ2) is 9.00. The number of nitrogens with zero attached hydrogens (tertiary/aromatic N) is 2. The van der Waals surface area contributed by atoms with Crippen molar-refractivity contribution in [3.8, 4) is 5.75 Å². The van der Waals surface area contributed by atoms with Crippen molar-refractivity contribution in [1.82, 2.24) is 9.80 Å². The molecule has 2 unspecified atom stereocenters. The molecular formula is C21H22N2O5S. The van der Waals surface area contributed by atoms with E-state index in [9.17, 15) is 19.5 Å². The predicted molar refractivity (Wildman–Crippen MR) is 110 cm³/mol. The second-order valence-corrected chi connectivity index (χ2v) is 7.08. The number of imide groups is 1. The normalized spacial score (nSPS) is 17.5. The van der Waals surface area contributed by atoms with Crippen molar-refractivity contribution in [1.29, 1.82) is 0 Å². The average molecular weight is 414 g/mol. The fourth-order valence-electron chi connectivity index (χ4n) is 3.48. The topological polar surface area (TPSA) is 87.2 Å². The van der Waals surface area contributed by atoms with E-state index in [1.165, 1.54) is 7.11 Å². The first-order valence-electron chi connectivity index (χ1n) is 9.10. The monoisotopic (exact) mass is 414 g/mol. The van der Waals surface area contributed by atoms with Crippen LogP contribution in [-0.4, -0.2) is 58.3 Å². The molecule has 0 spiro atoms. The third-order valence-corrected chi connectivity index (χ3v) is 5.28. The number of hydrogen-bond donors (Lipinski definition) is 2. The Labute approximate surface area is 174 Å². The number of benzene rings is 2. The van der Waals surface area contributed by atoms with Gasteiger partial charge < -0.3 is 9.84 Å². The summed E-state index contributed by atoms with van der Waals surface area (Å²) >= 11 is 4.35. The molecule has 0 saturated carbocycles. The van der Waals surface area contributed by atoms with Crippen molar-refractivity contribution in [3.63, 3.8) is 0 Å². The molecule has 8 heteroatoms. The van der Waals surface area contributed by atoms with Crippen LogP contribution in [0.3, 0.4) is 0 Å². The molecule has 1 fully saturated rings. The molecule has 0 aromatic heterocycles. The van der Waals surface area contributed by atoms with Crippen LogP contribution in [0, 0.1) is 0 Å². The van der Waals surface area contributed by atoms with Crippen molar-refractivity contribution >= 4 is 30.5 Å². The standard InChI is InChI=1S/C21H22N2O5S/c1-28-17-9-7-15(8-10-17)19-20(26)23(21(27)22(19)12-18(24)25)16(13-29)11-14-5-3-2-4-6-14/h2-10,16,19,29H,11-13H2,1H3,(H,24,25). The molecule has 0 bridgehead atoms. The van der Waals surface area contributed by atoms with E-state index >= 15 is 0 Å². The van der Waals surface area contributed by atoms with E-state index in [0.717, 1.165) is 15.4 Å². The van der Waals surface area contributed by atoms with E-state index in [2.05, 4.69) is 12.6 Å². The van der Waals surface area contributed by atoms with Crippen LogP contribution >= 0.6 is 12.6 Å². The summed E-state index contributed by atoms with van der Waals surface area (Å²) in [5, 5.41) is 9.28. The Bertz CT molecular complexity index is 888. The zero-order valence-corrected chi connectivity index (χ0v) is 16.8. The predicted octanol–water partition coefficient (Wildman–Crippen LogP) is 2.63. The highest BCUT2D eigenvalue weighted by Gasteiger charge is 2.49. The largest absolute Gasteiger partial charge is 0.497 e. The fourth-order valence-corrected chi connectivity index (χ4v) is 3.77. The third kappa shape index (κ3) is 4.37. The number of carboxylic acid groups (broad SMARTS) is 1. The Morgan fingerprint density at radius 3 is 2.34 bits per heavy atom. The maximum Gasteiger partial charge on any atom is 0.328 e. The van der Waals surface area contributed by atoms with Crippen molar-refractivity contribution in [3.05, 3.63) is 65.7 Å². The van der Waals surface area contributed by atoms with Crippen LogP contribution in [0.5, 0.6) is 5.75 Å². The van der Waals surface area contributed by atoms with E-state index in [4.69, 9.17) is 4.74 Å². The third-order valence-electron chi connectivity index (χ3n) is 4.86. The highest BCUT2D eigenvalue weighted by molar-refractivity contribution is 7.80. The number of methoxy groups -OCH3 is 1. The highest BCUT2D eigenvalue weighted by Crippen LogP contribution is 2.33. The first kappa shape index (κ1) is 20.7. The number of rotatable bonds is 8. The number of carbonyl (C=O) groups excluding carboxylic acids is 2. The van der Waals surface area contributed by atoms with Gasteiger partial charge in [0.2, 0.25) is 0 Å². The molecule has 1 N–H and O–H groups in total. The number of hydrogen-bond acceptors (Lipinski definition) is 5. The van der Waals surface area contributed by atoms with Gasteiger partial charge in [-0.3, -0.25) is 19.4 Å². The van der Waals surface area contributed by atoms with E-state index < -0.39 is 36.5 Å². The number of amides is 3. The van der Waals surface area contributed by atoms with Crippen molar-refractivity contribution in [2.75, 3.05) is 19.4 Å². The summed E-state index contributed by atoms with van der Waals surface area (Å²) in [6, 6.07) is 14.1. The zero-order valence-electron chi connectivity index (χ0n) is 15.9. The van der Waals surface area contributed by atoms with Gasteiger partial charge in [0.25, 0.3) is 5.91 Å². The Morgan fingerprint density at radius 2 is 1.79 bits per heavy atom. The Hall–Kier alpha value is -3.00. The van der Waals surface area contributed by atoms with Crippen LogP contribution in [0.2, 0.25) is 0 Å². The summed E-state index contributed by atoms with van der Waals surface area (Å²) in [6.07, 6.45) is 0.443. The maximum atomic E-state index is 13.3. The molecule has 0 radical (unpaired) electrons. The first-order chi connectivity index (χ1) is 14.0. The van der Waals surface area contributed by atoms with E-state index in [1.807, 2.05) is 30.3 Å². The Balaban J connectivity index is 1.94. The SMILES string of the molecule is COc1ccc(C2C(=O)N(C(CS)Cc3ccccc3)C(=O)N2CC(=O)O)cc1. The number of ether oxygens (including phenoxy) is 1. The van der Waals surface area contributed by atoms with Gasteiger partial charge in [0.15, 0.2) is 0 Å². The Morgan fingerprint density at radius 1 is 1.14 bits per heavy atom. The molecular weight excluding hydrogens is 392 g/mol. The number of carbonyl (C=O) groups is 3. The molecule has 2 atom stereocenters. The first-order valence-corrected chi connectivity index (χ1v) is 9.73. The quantitative estimate of drug-likeness (QED) is 0.512. The molecule has 2 aromatic carbocycles. The lowest BCUT2D eigenvalue weighted by atomic mass is 10.0. The van der Waals surface area contributed by atoms with Crippen molar-refractivity contribution in [2.45, 2.75) is 18.5 Å². The smallest absolute Gasteiger partial charge is 0.328 e. The minimum Gasteiger partial charge on any atom is -0.497 e. The van der Waals surface area contributed by atoms with Gasteiger partial charge in [0.05, 0.1) is 13.2 Å². The van der Waals surface area contributed by atoms with Gasteiger partial charge in [0, 0.05) is 5.75 Å². The number of aliphatic carboxylic acids is 1. The fraction of sp³-hybridized carbons (Fsp3) is 0.286. The van der Waals surface area contributed by atoms with Crippen LogP contribution < -0.4 is 4.74 Å². The molecule has 152 valence electrons.